The van der Waals surface area contributed by atoms with Gasteiger partial charge < -0.3 is 0 Å². The molecule has 3 nitrogen and oxygen atoms in total. The Kier molecular flexibility index (Phi) is 4.05. The van der Waals surface area contributed by atoms with Gasteiger partial charge in [-0.05, 0) is 24.8 Å². The first kappa shape index (κ1) is 12.4. The van der Waals surface area contributed by atoms with Crippen LogP contribution in [0.25, 0.3) is 0 Å². The monoisotopic (exact) mass is 279 g/mol. The van der Waals surface area contributed by atoms with Crippen molar-refractivity contribution in [3.63, 3.8) is 0 Å². The molecule has 0 atom stereocenters. The molecule has 17 heavy (non-hydrogen) atoms. The van der Waals surface area contributed by atoms with Crippen molar-refractivity contribution < 1.29 is 0 Å². The van der Waals surface area contributed by atoms with E-state index < -0.39 is 0 Å². The number of benzene rings is 1. The predicted molar refractivity (Wildman–Crippen MR) is 71.7 cm³/mol. The van der Waals surface area contributed by atoms with Crippen LogP contribution < -0.4 is 0 Å². The fourth-order valence-corrected chi connectivity index (χ4v) is 3.81. The molecule has 86 valence electrons. The van der Waals surface area contributed by atoms with E-state index in [9.17, 15) is 0 Å². The number of aromatic nitrogens is 2. The predicted octanol–water partition coefficient (Wildman–Crippen LogP) is 3.59. The molecule has 0 unspecified atom stereocenters. The van der Waals surface area contributed by atoms with Crippen molar-refractivity contribution in [3.05, 3.63) is 29.3 Å². The number of aryl methyl sites for hydroxylation is 1. The molecule has 1 aromatic carbocycles. The normalized spacial score (nSPS) is 10.2. The summed E-state index contributed by atoms with van der Waals surface area (Å²) in [6.45, 7) is 2.00. The molecule has 2 aromatic rings. The van der Waals surface area contributed by atoms with Crippen molar-refractivity contribution in [1.29, 1.82) is 5.26 Å². The molecule has 0 aliphatic heterocycles. The summed E-state index contributed by atoms with van der Waals surface area (Å²) >= 11 is 4.64. The van der Waals surface area contributed by atoms with Crippen molar-refractivity contribution in [2.24, 2.45) is 0 Å². The zero-order valence-corrected chi connectivity index (χ0v) is 11.7. The lowest BCUT2D eigenvalue weighted by atomic mass is 10.1. The minimum Gasteiger partial charge on any atom is -0.192 e. The van der Waals surface area contributed by atoms with Crippen LogP contribution >= 0.6 is 34.9 Å². The molecule has 0 radical (unpaired) electrons. The quantitative estimate of drug-likeness (QED) is 0.804. The highest BCUT2D eigenvalue weighted by Gasteiger charge is 2.10. The highest BCUT2D eigenvalue weighted by atomic mass is 32.2. The number of hydrogen-bond donors (Lipinski definition) is 0. The number of nitriles is 1. The van der Waals surface area contributed by atoms with Gasteiger partial charge in [-0.25, -0.2) is 0 Å². The number of hydrogen-bond acceptors (Lipinski definition) is 6. The summed E-state index contributed by atoms with van der Waals surface area (Å²) < 4.78 is 1.82. The van der Waals surface area contributed by atoms with E-state index in [1.54, 1.807) is 23.1 Å². The van der Waals surface area contributed by atoms with Gasteiger partial charge in [0, 0.05) is 4.90 Å². The molecule has 0 fully saturated rings. The summed E-state index contributed by atoms with van der Waals surface area (Å²) in [6, 6.07) is 7.93. The molecule has 0 saturated carbocycles. The van der Waals surface area contributed by atoms with E-state index >= 15 is 0 Å². The molecule has 0 amide bonds. The first-order chi connectivity index (χ1) is 8.24. The first-order valence-corrected chi connectivity index (χ1v) is 7.65. The Morgan fingerprint density at radius 1 is 1.29 bits per heavy atom. The standard InChI is InChI=1S/C11H9N3S3/c1-7-4-3-5-8(6-12)9(7)16-11-14-13-10(15-2)17-11/h3-5H,1-2H3. The molecule has 0 N–H and O–H groups in total. The zero-order chi connectivity index (χ0) is 12.3. The van der Waals surface area contributed by atoms with Crippen LogP contribution in [0.5, 0.6) is 0 Å². The largest absolute Gasteiger partial charge is 0.192 e. The zero-order valence-electron chi connectivity index (χ0n) is 9.30. The van der Waals surface area contributed by atoms with E-state index in [0.29, 0.717) is 5.56 Å². The second-order valence-corrected chi connectivity index (χ2v) is 6.49. The van der Waals surface area contributed by atoms with Crippen LogP contribution in [0.4, 0.5) is 0 Å². The molecule has 0 bridgehead atoms. The fraction of sp³-hybridized carbons (Fsp3) is 0.182. The maximum atomic E-state index is 9.07. The minimum absolute atomic E-state index is 0.691. The average molecular weight is 279 g/mol. The third-order valence-corrected chi connectivity index (χ3v) is 5.28. The minimum atomic E-state index is 0.691. The lowest BCUT2D eigenvalue weighted by Crippen LogP contribution is -1.85. The summed E-state index contributed by atoms with van der Waals surface area (Å²) in [5.74, 6) is 0. The van der Waals surface area contributed by atoms with Gasteiger partial charge in [-0.2, -0.15) is 5.26 Å². The molecule has 2 rings (SSSR count). The first-order valence-electron chi connectivity index (χ1n) is 4.79. The van der Waals surface area contributed by atoms with E-state index in [4.69, 9.17) is 5.26 Å². The van der Waals surface area contributed by atoms with Gasteiger partial charge in [0.25, 0.3) is 0 Å². The summed E-state index contributed by atoms with van der Waals surface area (Å²) in [4.78, 5) is 0.971. The fourth-order valence-electron chi connectivity index (χ4n) is 1.28. The third kappa shape index (κ3) is 2.80. The topological polar surface area (TPSA) is 49.6 Å². The highest BCUT2D eigenvalue weighted by Crippen LogP contribution is 2.36. The molecular weight excluding hydrogens is 270 g/mol. The Morgan fingerprint density at radius 3 is 2.71 bits per heavy atom. The van der Waals surface area contributed by atoms with E-state index in [0.717, 1.165) is 19.1 Å². The third-order valence-electron chi connectivity index (χ3n) is 2.08. The molecular formula is C11H9N3S3. The van der Waals surface area contributed by atoms with Gasteiger partial charge in [0.15, 0.2) is 8.68 Å². The smallest absolute Gasteiger partial charge is 0.179 e. The number of thioether (sulfide) groups is 1. The second kappa shape index (κ2) is 5.54. The van der Waals surface area contributed by atoms with E-state index in [-0.39, 0.29) is 0 Å². The maximum Gasteiger partial charge on any atom is 0.179 e. The summed E-state index contributed by atoms with van der Waals surface area (Å²) in [7, 11) is 0. The number of nitrogens with zero attached hydrogens (tertiary/aromatic N) is 3. The van der Waals surface area contributed by atoms with Gasteiger partial charge >= 0.3 is 0 Å². The maximum absolute atomic E-state index is 9.07. The van der Waals surface area contributed by atoms with Crippen molar-refractivity contribution in [3.8, 4) is 6.07 Å². The van der Waals surface area contributed by atoms with Crippen LogP contribution in [0.2, 0.25) is 0 Å². The van der Waals surface area contributed by atoms with Gasteiger partial charge in [0.2, 0.25) is 0 Å². The van der Waals surface area contributed by atoms with Crippen molar-refractivity contribution >= 4 is 34.9 Å². The molecule has 6 heteroatoms. The van der Waals surface area contributed by atoms with Crippen LogP contribution in [0, 0.1) is 18.3 Å². The summed E-state index contributed by atoms with van der Waals surface area (Å²) in [5, 5.41) is 17.2. The molecule has 0 aliphatic carbocycles. The number of rotatable bonds is 3. The van der Waals surface area contributed by atoms with Crippen molar-refractivity contribution in [2.75, 3.05) is 6.26 Å². The summed E-state index contributed by atoms with van der Waals surface area (Å²) in [5.41, 5.74) is 1.78. The average Bonchev–Trinajstić information content (AvgIpc) is 2.79. The Morgan fingerprint density at radius 2 is 2.06 bits per heavy atom. The van der Waals surface area contributed by atoms with Crippen LogP contribution in [0.3, 0.4) is 0 Å². The molecule has 1 aromatic heterocycles. The van der Waals surface area contributed by atoms with Gasteiger partial charge in [-0.15, -0.1) is 10.2 Å². The van der Waals surface area contributed by atoms with Crippen LogP contribution in [-0.2, 0) is 0 Å². The van der Waals surface area contributed by atoms with Crippen LogP contribution in [-0.4, -0.2) is 16.5 Å². The van der Waals surface area contributed by atoms with Gasteiger partial charge in [-0.3, -0.25) is 0 Å². The SMILES string of the molecule is CSc1nnc(Sc2c(C)cccc2C#N)s1. The van der Waals surface area contributed by atoms with Crippen molar-refractivity contribution in [2.45, 2.75) is 20.5 Å². The van der Waals surface area contributed by atoms with Gasteiger partial charge in [0.05, 0.1) is 5.56 Å². The Bertz CT molecular complexity index is 572. The molecule has 0 aliphatic rings. The van der Waals surface area contributed by atoms with E-state index in [2.05, 4.69) is 16.3 Å². The summed E-state index contributed by atoms with van der Waals surface area (Å²) in [6.07, 6.45) is 1.98. The van der Waals surface area contributed by atoms with E-state index in [1.807, 2.05) is 31.4 Å². The van der Waals surface area contributed by atoms with Gasteiger partial charge in [-0.1, -0.05) is 47.0 Å². The molecule has 0 spiro atoms. The Hall–Kier alpha value is -1.03. The molecule has 0 saturated heterocycles. The van der Waals surface area contributed by atoms with Crippen LogP contribution in [0.15, 0.2) is 31.8 Å². The van der Waals surface area contributed by atoms with Gasteiger partial charge in [0.1, 0.15) is 6.07 Å². The lowest BCUT2D eigenvalue weighted by Gasteiger charge is -2.04. The lowest BCUT2D eigenvalue weighted by molar-refractivity contribution is 0.955. The second-order valence-electron chi connectivity index (χ2n) is 3.20. The van der Waals surface area contributed by atoms with Crippen LogP contribution in [0.1, 0.15) is 11.1 Å². The van der Waals surface area contributed by atoms with Crippen molar-refractivity contribution in [1.82, 2.24) is 10.2 Å². The highest BCUT2D eigenvalue weighted by molar-refractivity contribution is 8.03. The Labute approximate surface area is 112 Å². The van der Waals surface area contributed by atoms with E-state index in [1.165, 1.54) is 11.8 Å². The Balaban J connectivity index is 2.33. The molecule has 1 heterocycles.